The number of alkyl halides is 3. The fourth-order valence-corrected chi connectivity index (χ4v) is 2.68. The molecule has 0 unspecified atom stereocenters. The third-order valence-electron chi connectivity index (χ3n) is 4.17. The lowest BCUT2D eigenvalue weighted by Gasteiger charge is -2.16. The fourth-order valence-electron chi connectivity index (χ4n) is 2.51. The molecule has 2 aromatic carbocycles. The number of nitrogens with zero attached hydrogens (tertiary/aromatic N) is 3. The van der Waals surface area contributed by atoms with Crippen molar-refractivity contribution >= 4 is 29.1 Å². The van der Waals surface area contributed by atoms with Gasteiger partial charge in [0, 0.05) is 6.54 Å². The largest absolute Gasteiger partial charge is 0.490 e. The molecule has 0 saturated carbocycles. The number of halogens is 5. The first-order valence-corrected chi connectivity index (χ1v) is 9.89. The highest BCUT2D eigenvalue weighted by Crippen LogP contribution is 2.22. The number of carboxylic acids is 1. The van der Waals surface area contributed by atoms with Gasteiger partial charge in [0.25, 0.3) is 0 Å². The van der Waals surface area contributed by atoms with E-state index >= 15 is 0 Å². The number of hydrogen-bond acceptors (Lipinski definition) is 8. The van der Waals surface area contributed by atoms with Gasteiger partial charge in [0.05, 0.1) is 23.4 Å². The van der Waals surface area contributed by atoms with E-state index in [0.717, 1.165) is 11.6 Å². The van der Waals surface area contributed by atoms with Gasteiger partial charge in [0.1, 0.15) is 11.5 Å². The van der Waals surface area contributed by atoms with Crippen LogP contribution in [0.25, 0.3) is 0 Å². The van der Waals surface area contributed by atoms with Crippen molar-refractivity contribution < 1.29 is 42.4 Å². The Balaban J connectivity index is 0.000000540. The zero-order valence-electron chi connectivity index (χ0n) is 17.5. The van der Waals surface area contributed by atoms with Crippen molar-refractivity contribution in [3.63, 3.8) is 0 Å². The van der Waals surface area contributed by atoms with E-state index in [1.807, 2.05) is 35.8 Å². The van der Waals surface area contributed by atoms with Gasteiger partial charge in [-0.3, -0.25) is 10.7 Å². The van der Waals surface area contributed by atoms with E-state index in [-0.39, 0.29) is 35.7 Å². The number of aliphatic hydroxyl groups excluding tert-OH is 1. The summed E-state index contributed by atoms with van der Waals surface area (Å²) in [4.78, 5) is 13.0. The van der Waals surface area contributed by atoms with Crippen LogP contribution in [0.4, 0.5) is 23.2 Å². The van der Waals surface area contributed by atoms with Crippen molar-refractivity contribution in [2.75, 3.05) is 6.61 Å². The van der Waals surface area contributed by atoms with Crippen LogP contribution >= 0.6 is 11.6 Å². The van der Waals surface area contributed by atoms with Gasteiger partial charge in [-0.15, -0.1) is 0 Å². The van der Waals surface area contributed by atoms with Gasteiger partial charge in [-0.2, -0.15) is 13.2 Å². The third-order valence-corrected chi connectivity index (χ3v) is 4.46. The van der Waals surface area contributed by atoms with Crippen LogP contribution in [0.3, 0.4) is 0 Å². The Labute approximate surface area is 199 Å². The van der Waals surface area contributed by atoms with Crippen LogP contribution in [0, 0.1) is 5.82 Å². The predicted molar refractivity (Wildman–Crippen MR) is 114 cm³/mol. The highest BCUT2D eigenvalue weighted by Gasteiger charge is 2.38. The van der Waals surface area contributed by atoms with E-state index in [9.17, 15) is 27.9 Å². The minimum Gasteiger partial charge on any atom is -0.475 e. The minimum absolute atomic E-state index is 0.0546. The maximum Gasteiger partial charge on any atom is 0.490 e. The second-order valence-corrected chi connectivity index (χ2v) is 6.97. The lowest BCUT2D eigenvalue weighted by Crippen LogP contribution is -2.27. The molecule has 0 bridgehead atoms. The molecule has 3 rings (SSSR count). The second kappa shape index (κ2) is 12.8. The number of carbonyl (C=O) groups is 1. The third kappa shape index (κ3) is 8.29. The van der Waals surface area contributed by atoms with Gasteiger partial charge >= 0.3 is 12.1 Å². The molecule has 1 aromatic heterocycles. The van der Waals surface area contributed by atoms with Crippen LogP contribution in [0.15, 0.2) is 58.2 Å². The summed E-state index contributed by atoms with van der Waals surface area (Å²) in [5, 5.41) is 36.8. The Hall–Kier alpha value is -3.59. The number of rotatable bonds is 7. The number of aliphatic imine (C=N–C) groups is 1. The molecule has 5 N–H and O–H groups in total. The molecule has 0 amide bonds. The van der Waals surface area contributed by atoms with Crippen molar-refractivity contribution in [2.45, 2.75) is 18.8 Å². The Morgan fingerprint density at radius 1 is 1.17 bits per heavy atom. The number of aliphatic hydroxyl groups is 1. The number of aliphatic carboxylic acids is 1. The lowest BCUT2D eigenvalue weighted by atomic mass is 10.1. The summed E-state index contributed by atoms with van der Waals surface area (Å²) < 4.78 is 49.8. The standard InChI is InChI=1S/C18H17ClFN5O3.C2HF3O2/c19-13-8-12(6-7-14(13)20)22-18(23-27)17-15(24-28-25-17)9-21-16(10-26)11-4-2-1-3-5-11;3-2(4,5)1(6)7/h1-8,16,21,26-27H,9-10H2,(H,22,23);(H,6,7)/t16-;/m0./s1. The van der Waals surface area contributed by atoms with Crippen LogP contribution in [-0.4, -0.2) is 50.3 Å². The Kier molecular flexibility index (Phi) is 10.1. The molecule has 0 spiro atoms. The minimum atomic E-state index is -5.08. The number of carboxylic acid groups (broad SMARTS) is 1. The van der Waals surface area contributed by atoms with E-state index in [1.54, 1.807) is 0 Å². The van der Waals surface area contributed by atoms with E-state index in [2.05, 4.69) is 20.6 Å². The van der Waals surface area contributed by atoms with Crippen molar-refractivity contribution in [3.05, 3.63) is 76.3 Å². The number of hydroxylamine groups is 1. The summed E-state index contributed by atoms with van der Waals surface area (Å²) in [6.45, 7) is 0.0573. The number of aromatic nitrogens is 2. The summed E-state index contributed by atoms with van der Waals surface area (Å²) in [5.74, 6) is -3.39. The molecule has 10 nitrogen and oxygen atoms in total. The van der Waals surface area contributed by atoms with Gasteiger partial charge < -0.3 is 15.5 Å². The molecule has 0 aliphatic carbocycles. The SMILES string of the molecule is O=C(O)C(F)(F)F.OC[C@H](NCc1nonc1C(=Nc1ccc(F)c(Cl)c1)NO)c1ccccc1. The van der Waals surface area contributed by atoms with Gasteiger partial charge in [0.15, 0.2) is 11.5 Å². The molecule has 0 fully saturated rings. The van der Waals surface area contributed by atoms with Crippen molar-refractivity contribution in [1.29, 1.82) is 0 Å². The average Bonchev–Trinajstić information content (AvgIpc) is 3.29. The van der Waals surface area contributed by atoms with E-state index in [4.69, 9.17) is 26.1 Å². The molecule has 0 saturated heterocycles. The Morgan fingerprint density at radius 2 is 1.83 bits per heavy atom. The van der Waals surface area contributed by atoms with Crippen molar-refractivity contribution in [2.24, 2.45) is 4.99 Å². The van der Waals surface area contributed by atoms with Crippen LogP contribution in [0.1, 0.15) is 23.0 Å². The topological polar surface area (TPSA) is 153 Å². The maximum absolute atomic E-state index is 13.3. The molecule has 35 heavy (non-hydrogen) atoms. The molecule has 0 aliphatic rings. The summed E-state index contributed by atoms with van der Waals surface area (Å²) >= 11 is 5.75. The molecule has 0 aliphatic heterocycles. The van der Waals surface area contributed by atoms with E-state index < -0.39 is 18.0 Å². The highest BCUT2D eigenvalue weighted by atomic mass is 35.5. The van der Waals surface area contributed by atoms with Crippen LogP contribution in [-0.2, 0) is 11.3 Å². The van der Waals surface area contributed by atoms with Gasteiger partial charge in [-0.1, -0.05) is 47.1 Å². The van der Waals surface area contributed by atoms with Crippen LogP contribution in [0.2, 0.25) is 5.02 Å². The van der Waals surface area contributed by atoms with Crippen molar-refractivity contribution in [1.82, 2.24) is 21.1 Å². The Morgan fingerprint density at radius 3 is 2.37 bits per heavy atom. The molecule has 188 valence electrons. The van der Waals surface area contributed by atoms with E-state index in [0.29, 0.717) is 11.4 Å². The van der Waals surface area contributed by atoms with Crippen molar-refractivity contribution in [3.8, 4) is 0 Å². The van der Waals surface area contributed by atoms with Gasteiger partial charge in [-0.25, -0.2) is 18.8 Å². The van der Waals surface area contributed by atoms with Gasteiger partial charge in [0.2, 0.25) is 0 Å². The summed E-state index contributed by atoms with van der Waals surface area (Å²) in [5.41, 5.74) is 3.63. The number of benzene rings is 2. The Bertz CT molecular complexity index is 1140. The predicted octanol–water partition coefficient (Wildman–Crippen LogP) is 3.38. The molecule has 1 heterocycles. The quantitative estimate of drug-likeness (QED) is 0.137. The lowest BCUT2D eigenvalue weighted by molar-refractivity contribution is -0.192. The average molecular weight is 520 g/mol. The summed E-state index contributed by atoms with van der Waals surface area (Å²) in [7, 11) is 0. The highest BCUT2D eigenvalue weighted by molar-refractivity contribution is 6.31. The zero-order chi connectivity index (χ0) is 26.0. The molecular formula is C20H18ClF4N5O5. The molecule has 15 heteroatoms. The first-order chi connectivity index (χ1) is 16.6. The second-order valence-electron chi connectivity index (χ2n) is 6.56. The maximum atomic E-state index is 13.3. The molecule has 3 aromatic rings. The first kappa shape index (κ1) is 27.7. The number of hydrogen-bond donors (Lipinski definition) is 5. The van der Waals surface area contributed by atoms with Gasteiger partial charge in [-0.05, 0) is 28.9 Å². The number of nitrogens with one attached hydrogen (secondary N) is 2. The summed E-state index contributed by atoms with van der Waals surface area (Å²) in [6, 6.07) is 12.9. The monoisotopic (exact) mass is 519 g/mol. The zero-order valence-corrected chi connectivity index (χ0v) is 18.3. The fraction of sp³-hybridized carbons (Fsp3) is 0.200. The molecular weight excluding hydrogens is 502 g/mol. The van der Waals surface area contributed by atoms with Crippen LogP contribution < -0.4 is 10.8 Å². The summed E-state index contributed by atoms with van der Waals surface area (Å²) in [6.07, 6.45) is -5.08. The normalized spacial score (nSPS) is 12.5. The first-order valence-electron chi connectivity index (χ1n) is 9.51. The number of amidine groups is 1. The van der Waals surface area contributed by atoms with E-state index in [1.165, 1.54) is 12.1 Å². The molecule has 1 atom stereocenters. The van der Waals surface area contributed by atoms with Crippen LogP contribution in [0.5, 0.6) is 0 Å². The molecule has 0 radical (unpaired) electrons. The smallest absolute Gasteiger partial charge is 0.475 e.